The third-order valence-electron chi connectivity index (χ3n) is 4.56. The van der Waals surface area contributed by atoms with Crippen LogP contribution in [0.5, 0.6) is 0 Å². The zero-order valence-electron chi connectivity index (χ0n) is 14.2. The lowest BCUT2D eigenvalue weighted by Crippen LogP contribution is -2.48. The Bertz CT molecular complexity index is 960. The van der Waals surface area contributed by atoms with Gasteiger partial charge >= 0.3 is 0 Å². The van der Waals surface area contributed by atoms with Crippen molar-refractivity contribution in [3.8, 4) is 0 Å². The van der Waals surface area contributed by atoms with Crippen molar-refractivity contribution in [2.75, 3.05) is 31.1 Å². The number of aromatic nitrogens is 1. The third-order valence-corrected chi connectivity index (χ3v) is 6.07. The van der Waals surface area contributed by atoms with Gasteiger partial charge in [-0.2, -0.15) is 0 Å². The predicted octanol–water partition coefficient (Wildman–Crippen LogP) is 4.87. The van der Waals surface area contributed by atoms with Gasteiger partial charge < -0.3 is 9.80 Å². The average molecular weight is 406 g/mol. The van der Waals surface area contributed by atoms with Gasteiger partial charge in [-0.15, -0.1) is 0 Å². The summed E-state index contributed by atoms with van der Waals surface area (Å²) in [5, 5.41) is 1.97. The molecule has 0 aliphatic carbocycles. The van der Waals surface area contributed by atoms with Crippen LogP contribution in [-0.4, -0.2) is 42.0 Å². The molecule has 0 N–H and O–H groups in total. The minimum Gasteiger partial charge on any atom is -0.345 e. The first-order valence-corrected chi connectivity index (χ1v) is 9.95. The maximum Gasteiger partial charge on any atom is 0.254 e. The summed E-state index contributed by atoms with van der Waals surface area (Å²) in [7, 11) is 0. The summed E-state index contributed by atoms with van der Waals surface area (Å²) in [6.45, 7) is 4.91. The van der Waals surface area contributed by atoms with Crippen molar-refractivity contribution >= 4 is 55.8 Å². The van der Waals surface area contributed by atoms with E-state index < -0.39 is 0 Å². The topological polar surface area (TPSA) is 36.4 Å². The lowest BCUT2D eigenvalue weighted by atomic mass is 10.2. The fraction of sp³-hybridized carbons (Fsp3) is 0.263. The van der Waals surface area contributed by atoms with Crippen LogP contribution in [0.2, 0.25) is 10.0 Å². The van der Waals surface area contributed by atoms with Crippen LogP contribution in [0.15, 0.2) is 36.4 Å². The molecule has 1 aromatic heterocycles. The number of carbonyl (C=O) groups excluding carboxylic acids is 1. The summed E-state index contributed by atoms with van der Waals surface area (Å²) in [5.41, 5.74) is 2.79. The van der Waals surface area contributed by atoms with E-state index in [4.69, 9.17) is 28.2 Å². The largest absolute Gasteiger partial charge is 0.345 e. The van der Waals surface area contributed by atoms with Crippen molar-refractivity contribution in [3.63, 3.8) is 0 Å². The number of anilines is 1. The number of carbonyl (C=O) groups is 1. The summed E-state index contributed by atoms with van der Waals surface area (Å²) in [6.07, 6.45) is 0. The number of halogens is 2. The molecule has 26 heavy (non-hydrogen) atoms. The Morgan fingerprint density at radius 2 is 1.77 bits per heavy atom. The number of benzene rings is 2. The van der Waals surface area contributed by atoms with E-state index in [1.54, 1.807) is 29.5 Å². The molecule has 1 aliphatic heterocycles. The van der Waals surface area contributed by atoms with E-state index in [0.717, 1.165) is 23.7 Å². The summed E-state index contributed by atoms with van der Waals surface area (Å²) in [6, 6.07) is 11.2. The minimum absolute atomic E-state index is 0.0332. The molecule has 4 nitrogen and oxygen atoms in total. The molecular formula is C19H17Cl2N3OS. The minimum atomic E-state index is -0.0332. The smallest absolute Gasteiger partial charge is 0.254 e. The average Bonchev–Trinajstić information content (AvgIpc) is 3.06. The summed E-state index contributed by atoms with van der Waals surface area (Å²) in [5.74, 6) is -0.0332. The number of hydrogen-bond donors (Lipinski definition) is 0. The maximum atomic E-state index is 12.7. The molecule has 0 radical (unpaired) electrons. The van der Waals surface area contributed by atoms with Gasteiger partial charge in [0.15, 0.2) is 5.13 Å². The Hall–Kier alpha value is -1.82. The Balaban J connectivity index is 1.48. The van der Waals surface area contributed by atoms with Crippen LogP contribution in [0, 0.1) is 6.92 Å². The van der Waals surface area contributed by atoms with Gasteiger partial charge in [-0.3, -0.25) is 4.79 Å². The number of thiazole rings is 1. The molecule has 0 atom stereocenters. The van der Waals surface area contributed by atoms with Gasteiger partial charge in [0.2, 0.25) is 0 Å². The Labute approximate surface area is 166 Å². The first-order chi connectivity index (χ1) is 12.5. The first kappa shape index (κ1) is 17.6. The molecule has 0 saturated carbocycles. The molecule has 1 fully saturated rings. The van der Waals surface area contributed by atoms with Crippen LogP contribution >= 0.6 is 34.5 Å². The zero-order valence-corrected chi connectivity index (χ0v) is 16.5. The molecule has 4 rings (SSSR count). The van der Waals surface area contributed by atoms with Gasteiger partial charge in [0, 0.05) is 41.8 Å². The number of amides is 1. The highest BCUT2D eigenvalue weighted by Crippen LogP contribution is 2.31. The van der Waals surface area contributed by atoms with Crippen molar-refractivity contribution < 1.29 is 4.79 Å². The quantitative estimate of drug-likeness (QED) is 0.609. The molecule has 0 unspecified atom stereocenters. The second kappa shape index (κ2) is 7.06. The van der Waals surface area contributed by atoms with Crippen LogP contribution in [0.1, 0.15) is 15.9 Å². The number of hydrogen-bond acceptors (Lipinski definition) is 4. The molecule has 7 heteroatoms. The van der Waals surface area contributed by atoms with E-state index in [1.807, 2.05) is 4.90 Å². The molecule has 1 aliphatic rings. The Kier molecular flexibility index (Phi) is 4.78. The fourth-order valence-electron chi connectivity index (χ4n) is 3.17. The number of piperazine rings is 1. The second-order valence-electron chi connectivity index (χ2n) is 6.36. The van der Waals surface area contributed by atoms with E-state index in [9.17, 15) is 4.79 Å². The van der Waals surface area contributed by atoms with Crippen molar-refractivity contribution in [2.45, 2.75) is 6.92 Å². The molecule has 3 aromatic rings. The van der Waals surface area contributed by atoms with Crippen molar-refractivity contribution in [1.82, 2.24) is 9.88 Å². The van der Waals surface area contributed by atoms with E-state index in [2.05, 4.69) is 30.0 Å². The number of aryl methyl sites for hydroxylation is 1. The Morgan fingerprint density at radius 3 is 2.42 bits per heavy atom. The fourth-order valence-corrected chi connectivity index (χ4v) is 4.79. The number of para-hydroxylation sites is 1. The van der Waals surface area contributed by atoms with Crippen molar-refractivity contribution in [2.24, 2.45) is 0 Å². The molecular weight excluding hydrogens is 389 g/mol. The van der Waals surface area contributed by atoms with Gasteiger partial charge in [-0.1, -0.05) is 46.7 Å². The highest BCUT2D eigenvalue weighted by Gasteiger charge is 2.24. The highest BCUT2D eigenvalue weighted by atomic mass is 35.5. The first-order valence-electron chi connectivity index (χ1n) is 8.38. The molecule has 2 aromatic carbocycles. The van der Waals surface area contributed by atoms with Gasteiger partial charge in [-0.25, -0.2) is 4.98 Å². The lowest BCUT2D eigenvalue weighted by Gasteiger charge is -2.34. The monoisotopic (exact) mass is 405 g/mol. The van der Waals surface area contributed by atoms with Gasteiger partial charge in [0.05, 0.1) is 10.2 Å². The van der Waals surface area contributed by atoms with Crippen molar-refractivity contribution in [1.29, 1.82) is 0 Å². The number of fused-ring (bicyclic) bond motifs is 1. The normalized spacial score (nSPS) is 14.9. The van der Waals surface area contributed by atoms with Gasteiger partial charge in [-0.05, 0) is 36.8 Å². The Morgan fingerprint density at radius 1 is 1.08 bits per heavy atom. The van der Waals surface area contributed by atoms with E-state index >= 15 is 0 Å². The van der Waals surface area contributed by atoms with Crippen LogP contribution in [0.25, 0.3) is 10.2 Å². The second-order valence-corrected chi connectivity index (χ2v) is 8.24. The number of nitrogens with zero attached hydrogens (tertiary/aromatic N) is 3. The third kappa shape index (κ3) is 3.39. The van der Waals surface area contributed by atoms with Crippen molar-refractivity contribution in [3.05, 3.63) is 57.6 Å². The molecule has 0 bridgehead atoms. The van der Waals surface area contributed by atoms with Gasteiger partial charge in [0.1, 0.15) is 0 Å². The van der Waals surface area contributed by atoms with Crippen LogP contribution in [0.4, 0.5) is 5.13 Å². The predicted molar refractivity (Wildman–Crippen MR) is 109 cm³/mol. The highest BCUT2D eigenvalue weighted by molar-refractivity contribution is 7.22. The molecule has 0 spiro atoms. The zero-order chi connectivity index (χ0) is 18.3. The maximum absolute atomic E-state index is 12.7. The standard InChI is InChI=1S/C19H17Cl2N3OS/c1-12-3-2-4-16-17(12)22-19(26-16)24-7-5-23(6-8-24)18(25)13-9-14(20)11-15(21)10-13/h2-4,9-11H,5-8H2,1H3. The van der Waals surface area contributed by atoms with E-state index in [-0.39, 0.29) is 5.91 Å². The van der Waals surface area contributed by atoms with Crippen LogP contribution in [0.3, 0.4) is 0 Å². The van der Waals surface area contributed by atoms with Crippen LogP contribution in [-0.2, 0) is 0 Å². The summed E-state index contributed by atoms with van der Waals surface area (Å²) < 4.78 is 1.20. The molecule has 1 amide bonds. The van der Waals surface area contributed by atoms with Gasteiger partial charge in [0.25, 0.3) is 5.91 Å². The molecule has 1 saturated heterocycles. The van der Waals surface area contributed by atoms with Crippen LogP contribution < -0.4 is 4.90 Å². The molecule has 134 valence electrons. The summed E-state index contributed by atoms with van der Waals surface area (Å²) in [4.78, 5) is 21.6. The summed E-state index contributed by atoms with van der Waals surface area (Å²) >= 11 is 13.7. The molecule has 2 heterocycles. The number of rotatable bonds is 2. The van der Waals surface area contributed by atoms with E-state index in [1.165, 1.54) is 10.3 Å². The lowest BCUT2D eigenvalue weighted by molar-refractivity contribution is 0.0747. The SMILES string of the molecule is Cc1cccc2sc(N3CCN(C(=O)c4cc(Cl)cc(Cl)c4)CC3)nc12. The van der Waals surface area contributed by atoms with E-state index in [0.29, 0.717) is 28.7 Å².